The van der Waals surface area contributed by atoms with Crippen molar-refractivity contribution in [3.63, 3.8) is 0 Å². The van der Waals surface area contributed by atoms with E-state index in [1.165, 1.54) is 31.4 Å². The first-order valence-electron chi connectivity index (χ1n) is 9.05. The standard InChI is InChI=1S/C19H28N2O3/c22-19(23)18-3-1-17(2-4-18)15-21-9-6-16(7-10-21)5-8-20-11-13-24-14-12-20/h1-4,16H,5-15H2,(H,22,23). The number of carboxylic acids is 1. The summed E-state index contributed by atoms with van der Waals surface area (Å²) in [5.74, 6) is -0.0129. The highest BCUT2D eigenvalue weighted by molar-refractivity contribution is 5.87. The van der Waals surface area contributed by atoms with Crippen molar-refractivity contribution in [2.24, 2.45) is 5.92 Å². The molecule has 2 aliphatic heterocycles. The second kappa shape index (κ2) is 8.60. The van der Waals surface area contributed by atoms with Gasteiger partial charge in [-0.05, 0) is 62.5 Å². The molecule has 0 spiro atoms. The molecule has 5 nitrogen and oxygen atoms in total. The van der Waals surface area contributed by atoms with Gasteiger partial charge in [0.2, 0.25) is 0 Å². The minimum atomic E-state index is -0.859. The van der Waals surface area contributed by atoms with Gasteiger partial charge in [0, 0.05) is 19.6 Å². The Hall–Kier alpha value is -1.43. The van der Waals surface area contributed by atoms with Crippen LogP contribution < -0.4 is 0 Å². The number of morpholine rings is 1. The van der Waals surface area contributed by atoms with Gasteiger partial charge in [-0.15, -0.1) is 0 Å². The van der Waals surface area contributed by atoms with Gasteiger partial charge in [0.25, 0.3) is 0 Å². The minimum Gasteiger partial charge on any atom is -0.478 e. The van der Waals surface area contributed by atoms with Crippen molar-refractivity contribution in [2.45, 2.75) is 25.8 Å². The predicted molar refractivity (Wildman–Crippen MR) is 93.3 cm³/mol. The van der Waals surface area contributed by atoms with E-state index in [2.05, 4.69) is 9.80 Å². The summed E-state index contributed by atoms with van der Waals surface area (Å²) in [7, 11) is 0. The highest BCUT2D eigenvalue weighted by Crippen LogP contribution is 2.22. The Morgan fingerprint density at radius 3 is 2.33 bits per heavy atom. The Morgan fingerprint density at radius 2 is 1.71 bits per heavy atom. The highest BCUT2D eigenvalue weighted by Gasteiger charge is 2.20. The lowest BCUT2D eigenvalue weighted by Gasteiger charge is -2.34. The zero-order valence-electron chi connectivity index (χ0n) is 14.3. The molecule has 1 aromatic rings. The molecule has 0 radical (unpaired) electrons. The van der Waals surface area contributed by atoms with Crippen LogP contribution >= 0.6 is 0 Å². The van der Waals surface area contributed by atoms with Gasteiger partial charge < -0.3 is 9.84 Å². The average Bonchev–Trinajstić information content (AvgIpc) is 2.62. The Morgan fingerprint density at radius 1 is 1.04 bits per heavy atom. The van der Waals surface area contributed by atoms with E-state index in [0.717, 1.165) is 51.9 Å². The molecule has 0 aliphatic carbocycles. The molecular weight excluding hydrogens is 304 g/mol. The molecule has 1 N–H and O–H groups in total. The van der Waals surface area contributed by atoms with Gasteiger partial charge >= 0.3 is 5.97 Å². The van der Waals surface area contributed by atoms with Crippen LogP contribution in [-0.4, -0.2) is 66.8 Å². The molecule has 0 aromatic heterocycles. The number of hydrogen-bond acceptors (Lipinski definition) is 4. The fourth-order valence-corrected chi connectivity index (χ4v) is 3.63. The zero-order chi connectivity index (χ0) is 16.8. The number of carbonyl (C=O) groups is 1. The molecule has 0 saturated carbocycles. The van der Waals surface area contributed by atoms with Crippen molar-refractivity contribution in [1.82, 2.24) is 9.80 Å². The summed E-state index contributed by atoms with van der Waals surface area (Å²) >= 11 is 0. The Bertz CT molecular complexity index is 518. The van der Waals surface area contributed by atoms with Crippen LogP contribution in [0.2, 0.25) is 0 Å². The molecular formula is C19H28N2O3. The predicted octanol–water partition coefficient (Wildman–Crippen LogP) is 2.32. The Balaban J connectivity index is 1.37. The molecule has 1 aromatic carbocycles. The van der Waals surface area contributed by atoms with Crippen molar-refractivity contribution in [3.8, 4) is 0 Å². The first-order valence-corrected chi connectivity index (χ1v) is 9.05. The maximum atomic E-state index is 10.9. The Kier molecular flexibility index (Phi) is 6.24. The van der Waals surface area contributed by atoms with Crippen molar-refractivity contribution in [3.05, 3.63) is 35.4 Å². The van der Waals surface area contributed by atoms with Crippen LogP contribution in [0.1, 0.15) is 35.2 Å². The summed E-state index contributed by atoms with van der Waals surface area (Å²) in [6, 6.07) is 7.28. The second-order valence-electron chi connectivity index (χ2n) is 6.96. The summed E-state index contributed by atoms with van der Waals surface area (Å²) in [5.41, 5.74) is 1.56. The number of aromatic carboxylic acids is 1. The lowest BCUT2D eigenvalue weighted by atomic mass is 9.93. The molecule has 0 unspecified atom stereocenters. The fraction of sp³-hybridized carbons (Fsp3) is 0.632. The van der Waals surface area contributed by atoms with E-state index in [-0.39, 0.29) is 0 Å². The summed E-state index contributed by atoms with van der Waals surface area (Å²) in [6.45, 7) is 8.39. The van der Waals surface area contributed by atoms with Crippen LogP contribution in [0.25, 0.3) is 0 Å². The molecule has 3 rings (SSSR count). The smallest absolute Gasteiger partial charge is 0.335 e. The van der Waals surface area contributed by atoms with Crippen molar-refractivity contribution in [1.29, 1.82) is 0 Å². The molecule has 24 heavy (non-hydrogen) atoms. The van der Waals surface area contributed by atoms with Crippen LogP contribution in [0.4, 0.5) is 0 Å². The zero-order valence-corrected chi connectivity index (χ0v) is 14.3. The van der Waals surface area contributed by atoms with Crippen molar-refractivity contribution >= 4 is 5.97 Å². The monoisotopic (exact) mass is 332 g/mol. The van der Waals surface area contributed by atoms with E-state index in [4.69, 9.17) is 9.84 Å². The van der Waals surface area contributed by atoms with Crippen LogP contribution in [0.15, 0.2) is 24.3 Å². The first-order chi connectivity index (χ1) is 11.7. The summed E-state index contributed by atoms with van der Waals surface area (Å²) in [6.07, 6.45) is 3.86. The number of hydrogen-bond donors (Lipinski definition) is 1. The molecule has 132 valence electrons. The largest absolute Gasteiger partial charge is 0.478 e. The highest BCUT2D eigenvalue weighted by atomic mass is 16.5. The van der Waals surface area contributed by atoms with Gasteiger partial charge in [-0.3, -0.25) is 9.80 Å². The minimum absolute atomic E-state index is 0.362. The number of benzene rings is 1. The van der Waals surface area contributed by atoms with Gasteiger partial charge in [-0.2, -0.15) is 0 Å². The van der Waals surface area contributed by atoms with Crippen molar-refractivity contribution < 1.29 is 14.6 Å². The SMILES string of the molecule is O=C(O)c1ccc(CN2CCC(CCN3CCOCC3)CC2)cc1. The van der Waals surface area contributed by atoms with Crippen molar-refractivity contribution in [2.75, 3.05) is 45.9 Å². The quantitative estimate of drug-likeness (QED) is 0.866. The maximum Gasteiger partial charge on any atom is 0.335 e. The molecule has 2 heterocycles. The molecule has 0 amide bonds. The number of nitrogens with zero attached hydrogens (tertiary/aromatic N) is 2. The van der Waals surface area contributed by atoms with Crippen LogP contribution in [0.5, 0.6) is 0 Å². The third-order valence-electron chi connectivity index (χ3n) is 5.27. The Labute approximate surface area is 144 Å². The second-order valence-corrected chi connectivity index (χ2v) is 6.96. The van der Waals surface area contributed by atoms with E-state index in [0.29, 0.717) is 5.56 Å². The molecule has 0 atom stereocenters. The van der Waals surface area contributed by atoms with E-state index < -0.39 is 5.97 Å². The number of piperidine rings is 1. The lowest BCUT2D eigenvalue weighted by Crippen LogP contribution is -2.39. The fourth-order valence-electron chi connectivity index (χ4n) is 3.63. The molecule has 2 fully saturated rings. The average molecular weight is 332 g/mol. The van der Waals surface area contributed by atoms with Gasteiger partial charge in [0.05, 0.1) is 18.8 Å². The topological polar surface area (TPSA) is 53.0 Å². The summed E-state index contributed by atoms with van der Waals surface area (Å²) < 4.78 is 5.40. The van der Waals surface area contributed by atoms with Gasteiger partial charge in [-0.25, -0.2) is 4.79 Å². The number of rotatable bonds is 6. The van der Waals surface area contributed by atoms with E-state index in [9.17, 15) is 4.79 Å². The third kappa shape index (κ3) is 5.03. The summed E-state index contributed by atoms with van der Waals surface area (Å²) in [5, 5.41) is 8.95. The van der Waals surface area contributed by atoms with E-state index in [1.54, 1.807) is 12.1 Å². The third-order valence-corrected chi connectivity index (χ3v) is 5.27. The molecule has 2 saturated heterocycles. The molecule has 2 aliphatic rings. The normalized spacial score (nSPS) is 21.0. The molecule has 5 heteroatoms. The van der Waals surface area contributed by atoms with Gasteiger partial charge in [0.15, 0.2) is 0 Å². The van der Waals surface area contributed by atoms with E-state index >= 15 is 0 Å². The van der Waals surface area contributed by atoms with Crippen LogP contribution in [-0.2, 0) is 11.3 Å². The molecule has 0 bridgehead atoms. The van der Waals surface area contributed by atoms with Gasteiger partial charge in [-0.1, -0.05) is 12.1 Å². The lowest BCUT2D eigenvalue weighted by molar-refractivity contribution is 0.0334. The van der Waals surface area contributed by atoms with Gasteiger partial charge in [0.1, 0.15) is 0 Å². The summed E-state index contributed by atoms with van der Waals surface area (Å²) in [4.78, 5) is 15.9. The van der Waals surface area contributed by atoms with Crippen LogP contribution in [0, 0.1) is 5.92 Å². The number of ether oxygens (including phenoxy) is 1. The maximum absolute atomic E-state index is 10.9. The van der Waals surface area contributed by atoms with E-state index in [1.807, 2.05) is 12.1 Å². The number of likely N-dealkylation sites (tertiary alicyclic amines) is 1. The van der Waals surface area contributed by atoms with Crippen LogP contribution in [0.3, 0.4) is 0 Å². The first kappa shape index (κ1) is 17.4. The number of carboxylic acid groups (broad SMARTS) is 1.